The van der Waals surface area contributed by atoms with Gasteiger partial charge in [-0.2, -0.15) is 11.8 Å². The molecule has 0 saturated carbocycles. The summed E-state index contributed by atoms with van der Waals surface area (Å²) in [5, 5.41) is 3.06. The fourth-order valence-electron chi connectivity index (χ4n) is 1.99. The quantitative estimate of drug-likeness (QED) is 0.683. The van der Waals surface area contributed by atoms with E-state index in [1.165, 1.54) is 0 Å². The summed E-state index contributed by atoms with van der Waals surface area (Å²) in [7, 11) is -1.59. The number of nitrogens with one attached hydrogen (secondary N) is 2. The Balaban J connectivity index is 2.80. The van der Waals surface area contributed by atoms with Gasteiger partial charge < -0.3 is 5.32 Å². The van der Waals surface area contributed by atoms with E-state index < -0.39 is 10.0 Å². The molecule has 4 nitrogen and oxygen atoms in total. The van der Waals surface area contributed by atoms with Crippen LogP contribution in [0.2, 0.25) is 0 Å². The van der Waals surface area contributed by atoms with Gasteiger partial charge in [0.2, 0.25) is 10.0 Å². The molecule has 0 aromatic heterocycles. The van der Waals surface area contributed by atoms with Crippen molar-refractivity contribution in [1.82, 2.24) is 10.0 Å². The van der Waals surface area contributed by atoms with Gasteiger partial charge in [0.1, 0.15) is 0 Å². The van der Waals surface area contributed by atoms with Crippen LogP contribution >= 0.6 is 11.8 Å². The molecule has 0 spiro atoms. The lowest BCUT2D eigenvalue weighted by Gasteiger charge is -2.15. The van der Waals surface area contributed by atoms with Crippen LogP contribution in [0.15, 0.2) is 23.1 Å². The highest BCUT2D eigenvalue weighted by Gasteiger charge is 2.18. The van der Waals surface area contributed by atoms with Gasteiger partial charge in [-0.15, -0.1) is 0 Å². The molecule has 0 bridgehead atoms. The smallest absolute Gasteiger partial charge is 0.240 e. The molecule has 1 aromatic rings. The molecule has 1 rings (SSSR count). The van der Waals surface area contributed by atoms with Crippen LogP contribution in [0, 0.1) is 6.92 Å². The Morgan fingerprint density at radius 3 is 2.67 bits per heavy atom. The molecule has 0 fully saturated rings. The minimum Gasteiger partial charge on any atom is -0.316 e. The van der Waals surface area contributed by atoms with E-state index in [9.17, 15) is 8.42 Å². The summed E-state index contributed by atoms with van der Waals surface area (Å²) in [6.07, 6.45) is 0.840. The van der Waals surface area contributed by atoms with Gasteiger partial charge in [-0.1, -0.05) is 13.0 Å². The van der Waals surface area contributed by atoms with Crippen LogP contribution in [-0.4, -0.2) is 33.0 Å². The van der Waals surface area contributed by atoms with E-state index in [1.54, 1.807) is 12.1 Å². The third-order valence-corrected chi connectivity index (χ3v) is 5.77. The fourth-order valence-corrected chi connectivity index (χ4v) is 4.13. The van der Waals surface area contributed by atoms with Gasteiger partial charge in [0.15, 0.2) is 0 Å². The first kappa shape index (κ1) is 18.5. The topological polar surface area (TPSA) is 58.2 Å². The summed E-state index contributed by atoms with van der Waals surface area (Å²) in [5.41, 5.74) is 2.10. The highest BCUT2D eigenvalue weighted by Crippen LogP contribution is 2.16. The molecule has 1 aromatic carbocycles. The maximum atomic E-state index is 12.4. The van der Waals surface area contributed by atoms with E-state index in [0.717, 1.165) is 29.1 Å². The molecule has 120 valence electrons. The first-order valence-corrected chi connectivity index (χ1v) is 9.88. The Labute approximate surface area is 133 Å². The summed E-state index contributed by atoms with van der Waals surface area (Å²) in [6.45, 7) is 6.67. The molecular weight excluding hydrogens is 304 g/mol. The van der Waals surface area contributed by atoms with Crippen LogP contribution < -0.4 is 10.0 Å². The zero-order valence-corrected chi connectivity index (χ0v) is 14.9. The van der Waals surface area contributed by atoms with Crippen LogP contribution in [-0.2, 0) is 16.6 Å². The van der Waals surface area contributed by atoms with Crippen molar-refractivity contribution in [2.24, 2.45) is 0 Å². The highest BCUT2D eigenvalue weighted by atomic mass is 32.2. The number of hydrogen-bond donors (Lipinski definition) is 2. The molecule has 6 heteroatoms. The third-order valence-electron chi connectivity index (χ3n) is 3.25. The number of rotatable bonds is 9. The number of thioether (sulfide) groups is 1. The lowest BCUT2D eigenvalue weighted by atomic mass is 10.1. The van der Waals surface area contributed by atoms with Gasteiger partial charge in [-0.25, -0.2) is 13.1 Å². The molecule has 0 radical (unpaired) electrons. The summed E-state index contributed by atoms with van der Waals surface area (Å²) in [4.78, 5) is 0.341. The summed E-state index contributed by atoms with van der Waals surface area (Å²) >= 11 is 1.83. The van der Waals surface area contributed by atoms with Gasteiger partial charge in [0.05, 0.1) is 4.90 Å². The normalized spacial score (nSPS) is 13.3. The predicted molar refractivity (Wildman–Crippen MR) is 91.3 cm³/mol. The van der Waals surface area contributed by atoms with Crippen molar-refractivity contribution in [3.8, 4) is 0 Å². The Morgan fingerprint density at radius 1 is 1.33 bits per heavy atom. The number of benzene rings is 1. The van der Waals surface area contributed by atoms with Crippen molar-refractivity contribution in [1.29, 1.82) is 0 Å². The fraction of sp³-hybridized carbons (Fsp3) is 0.600. The van der Waals surface area contributed by atoms with Crippen molar-refractivity contribution >= 4 is 21.8 Å². The molecule has 21 heavy (non-hydrogen) atoms. The van der Waals surface area contributed by atoms with Crippen LogP contribution in [0.3, 0.4) is 0 Å². The summed E-state index contributed by atoms with van der Waals surface area (Å²) in [6, 6.07) is 5.23. The van der Waals surface area contributed by atoms with Gasteiger partial charge in [0.25, 0.3) is 0 Å². The largest absolute Gasteiger partial charge is 0.316 e. The minimum atomic E-state index is -3.44. The molecule has 0 amide bonds. The van der Waals surface area contributed by atoms with Crippen molar-refractivity contribution in [3.05, 3.63) is 29.3 Å². The maximum Gasteiger partial charge on any atom is 0.240 e. The van der Waals surface area contributed by atoms with E-state index in [0.29, 0.717) is 11.4 Å². The van der Waals surface area contributed by atoms with E-state index in [4.69, 9.17) is 0 Å². The van der Waals surface area contributed by atoms with E-state index in [1.807, 2.05) is 38.7 Å². The van der Waals surface area contributed by atoms with Gasteiger partial charge in [0, 0.05) is 12.6 Å². The molecule has 1 unspecified atom stereocenters. The van der Waals surface area contributed by atoms with Crippen LogP contribution in [0.25, 0.3) is 0 Å². The zero-order chi connectivity index (χ0) is 15.9. The first-order chi connectivity index (χ1) is 9.90. The standard InChI is InChI=1S/C15H26N2O2S2/c1-5-20-9-8-13(3)17-21(18,19)15-7-6-12(2)14(10-15)11-16-4/h6-7,10,13,16-17H,5,8-9,11H2,1-4H3. The second-order valence-electron chi connectivity index (χ2n) is 5.13. The molecule has 0 aliphatic carbocycles. The van der Waals surface area contributed by atoms with E-state index >= 15 is 0 Å². The predicted octanol–water partition coefficient (Wildman–Crippen LogP) is 2.52. The summed E-state index contributed by atoms with van der Waals surface area (Å²) in [5.74, 6) is 2.03. The molecule has 0 aliphatic rings. The van der Waals surface area contributed by atoms with Crippen molar-refractivity contribution < 1.29 is 8.42 Å². The van der Waals surface area contributed by atoms with Gasteiger partial charge in [-0.05, 0) is 62.1 Å². The highest BCUT2D eigenvalue weighted by molar-refractivity contribution is 7.99. The lowest BCUT2D eigenvalue weighted by Crippen LogP contribution is -2.33. The number of aryl methyl sites for hydroxylation is 1. The van der Waals surface area contributed by atoms with Crippen molar-refractivity contribution in [2.45, 2.75) is 44.7 Å². The molecule has 0 heterocycles. The molecule has 2 N–H and O–H groups in total. The second-order valence-corrected chi connectivity index (χ2v) is 8.23. The van der Waals surface area contributed by atoms with Crippen LogP contribution in [0.4, 0.5) is 0 Å². The Hall–Kier alpha value is -0.560. The zero-order valence-electron chi connectivity index (χ0n) is 13.3. The van der Waals surface area contributed by atoms with Gasteiger partial charge >= 0.3 is 0 Å². The average molecular weight is 331 g/mol. The molecule has 0 aliphatic heterocycles. The number of hydrogen-bond acceptors (Lipinski definition) is 4. The first-order valence-electron chi connectivity index (χ1n) is 7.25. The Kier molecular flexibility index (Phi) is 7.73. The Morgan fingerprint density at radius 2 is 2.05 bits per heavy atom. The summed E-state index contributed by atoms with van der Waals surface area (Å²) < 4.78 is 27.6. The van der Waals surface area contributed by atoms with Crippen molar-refractivity contribution in [3.63, 3.8) is 0 Å². The average Bonchev–Trinajstić information content (AvgIpc) is 2.41. The number of sulfonamides is 1. The second kappa shape index (κ2) is 8.78. The van der Waals surface area contributed by atoms with Crippen LogP contribution in [0.1, 0.15) is 31.4 Å². The maximum absolute atomic E-state index is 12.4. The lowest BCUT2D eigenvalue weighted by molar-refractivity contribution is 0.557. The van der Waals surface area contributed by atoms with Crippen molar-refractivity contribution in [2.75, 3.05) is 18.6 Å². The SMILES string of the molecule is CCSCCC(C)NS(=O)(=O)c1ccc(C)c(CNC)c1. The third kappa shape index (κ3) is 5.98. The van der Waals surface area contributed by atoms with E-state index in [2.05, 4.69) is 17.0 Å². The molecular formula is C15H26N2O2S2. The van der Waals surface area contributed by atoms with E-state index in [-0.39, 0.29) is 6.04 Å². The monoisotopic (exact) mass is 330 g/mol. The minimum absolute atomic E-state index is 0.0527. The Bertz CT molecular complexity index is 545. The van der Waals surface area contributed by atoms with Gasteiger partial charge in [-0.3, -0.25) is 0 Å². The molecule has 1 atom stereocenters. The molecule has 0 saturated heterocycles. The van der Waals surface area contributed by atoms with Crippen LogP contribution in [0.5, 0.6) is 0 Å².